The molecule has 0 aliphatic heterocycles. The van der Waals surface area contributed by atoms with Crippen LogP contribution in [-0.2, 0) is 6.42 Å². The van der Waals surface area contributed by atoms with Gasteiger partial charge in [0.1, 0.15) is 17.3 Å². The van der Waals surface area contributed by atoms with Gasteiger partial charge in [0, 0.05) is 43.0 Å². The van der Waals surface area contributed by atoms with E-state index in [0.717, 1.165) is 52.0 Å². The fraction of sp³-hybridized carbons (Fsp3) is 0.407. The van der Waals surface area contributed by atoms with Crippen LogP contribution in [-0.4, -0.2) is 40.1 Å². The topological polar surface area (TPSA) is 81.6 Å². The van der Waals surface area contributed by atoms with Crippen molar-refractivity contribution in [2.45, 2.75) is 51.0 Å². The number of benzene rings is 1. The van der Waals surface area contributed by atoms with Gasteiger partial charge < -0.3 is 10.3 Å². The first-order chi connectivity index (χ1) is 16.6. The number of aromatic nitrogens is 3. The van der Waals surface area contributed by atoms with Gasteiger partial charge in [-0.2, -0.15) is 0 Å². The fourth-order valence-corrected chi connectivity index (χ4v) is 4.88. The van der Waals surface area contributed by atoms with Crippen molar-refractivity contribution in [1.82, 2.24) is 20.0 Å². The van der Waals surface area contributed by atoms with Crippen LogP contribution in [0.25, 0.3) is 27.6 Å². The van der Waals surface area contributed by atoms with Crippen LogP contribution in [0, 0.1) is 5.92 Å². The zero-order valence-electron chi connectivity index (χ0n) is 20.1. The van der Waals surface area contributed by atoms with Gasteiger partial charge in [0.05, 0.1) is 11.1 Å². The Morgan fingerprint density at radius 3 is 2.79 bits per heavy atom. The summed E-state index contributed by atoms with van der Waals surface area (Å²) in [5.74, 6) is 2.27. The van der Waals surface area contributed by atoms with Crippen molar-refractivity contribution in [2.24, 2.45) is 16.3 Å². The Kier molecular flexibility index (Phi) is 6.43. The summed E-state index contributed by atoms with van der Waals surface area (Å²) < 4.78 is 0. The molecule has 0 radical (unpaired) electrons. The van der Waals surface area contributed by atoms with E-state index in [1.54, 1.807) is 5.01 Å². The number of hydrogen-bond acceptors (Lipinski definition) is 5. The lowest BCUT2D eigenvalue weighted by Gasteiger charge is -2.24. The number of nitrogens with zero attached hydrogens (tertiary/aromatic N) is 5. The van der Waals surface area contributed by atoms with E-state index >= 15 is 0 Å². The second-order valence-corrected chi connectivity index (χ2v) is 9.57. The van der Waals surface area contributed by atoms with E-state index < -0.39 is 0 Å². The summed E-state index contributed by atoms with van der Waals surface area (Å²) in [4.78, 5) is 13.6. The van der Waals surface area contributed by atoms with Gasteiger partial charge in [0.25, 0.3) is 0 Å². The molecule has 1 fully saturated rings. The van der Waals surface area contributed by atoms with Gasteiger partial charge in [0.15, 0.2) is 0 Å². The number of anilines is 1. The number of allylic oxidation sites excluding steroid dienone is 4. The Hall–Kier alpha value is -3.48. The van der Waals surface area contributed by atoms with E-state index in [-0.39, 0.29) is 0 Å². The molecule has 1 aromatic carbocycles. The maximum Gasteiger partial charge on any atom is 0.144 e. The van der Waals surface area contributed by atoms with Gasteiger partial charge in [0.2, 0.25) is 0 Å². The summed E-state index contributed by atoms with van der Waals surface area (Å²) in [6.45, 7) is 4.08. The zero-order chi connectivity index (χ0) is 23.5. The SMILES string of the molecule is C=C(/N=N\N(C)C)c1ccc2c(c1)[nH]c1nc(CC3C=CC=CC3)nc(NC3CCCCC3)c12. The Morgan fingerprint density at radius 2 is 2.03 bits per heavy atom. The van der Waals surface area contributed by atoms with Crippen molar-refractivity contribution < 1.29 is 0 Å². The first kappa shape index (κ1) is 22.3. The Balaban J connectivity index is 1.54. The molecule has 1 saturated carbocycles. The second kappa shape index (κ2) is 9.79. The van der Waals surface area contributed by atoms with Crippen molar-refractivity contribution in [2.75, 3.05) is 19.4 Å². The lowest BCUT2D eigenvalue weighted by Crippen LogP contribution is -2.23. The molecule has 7 heteroatoms. The predicted molar refractivity (Wildman–Crippen MR) is 140 cm³/mol. The highest BCUT2D eigenvalue weighted by Gasteiger charge is 2.20. The van der Waals surface area contributed by atoms with E-state index in [0.29, 0.717) is 17.7 Å². The van der Waals surface area contributed by atoms with Crippen LogP contribution in [0.15, 0.2) is 59.4 Å². The molecule has 0 amide bonds. The lowest BCUT2D eigenvalue weighted by atomic mass is 9.95. The van der Waals surface area contributed by atoms with Gasteiger partial charge in [-0.25, -0.2) is 9.97 Å². The second-order valence-electron chi connectivity index (χ2n) is 9.57. The van der Waals surface area contributed by atoms with E-state index in [4.69, 9.17) is 9.97 Å². The molecule has 176 valence electrons. The van der Waals surface area contributed by atoms with Gasteiger partial charge >= 0.3 is 0 Å². The minimum absolute atomic E-state index is 0.436. The summed E-state index contributed by atoms with van der Waals surface area (Å²) in [7, 11) is 3.68. The molecule has 5 rings (SSSR count). The van der Waals surface area contributed by atoms with Crippen LogP contribution in [0.4, 0.5) is 5.82 Å². The highest BCUT2D eigenvalue weighted by atomic mass is 15.5. The van der Waals surface area contributed by atoms with Crippen LogP contribution < -0.4 is 5.32 Å². The van der Waals surface area contributed by atoms with Crippen molar-refractivity contribution in [3.63, 3.8) is 0 Å². The molecule has 0 bridgehead atoms. The average Bonchev–Trinajstić information content (AvgIpc) is 3.21. The first-order valence-corrected chi connectivity index (χ1v) is 12.3. The third kappa shape index (κ3) is 4.88. The van der Waals surface area contributed by atoms with Gasteiger partial charge in [-0.1, -0.05) is 67.5 Å². The monoisotopic (exact) mass is 455 g/mol. The summed E-state index contributed by atoms with van der Waals surface area (Å²) in [6, 6.07) is 6.70. The predicted octanol–water partition coefficient (Wildman–Crippen LogP) is 6.43. The van der Waals surface area contributed by atoms with Crippen LogP contribution in [0.2, 0.25) is 0 Å². The summed E-state index contributed by atoms with van der Waals surface area (Å²) in [5, 5.41) is 15.9. The van der Waals surface area contributed by atoms with E-state index in [9.17, 15) is 0 Å². The number of hydrogen-bond donors (Lipinski definition) is 2. The maximum absolute atomic E-state index is 5.06. The smallest absolute Gasteiger partial charge is 0.144 e. The van der Waals surface area contributed by atoms with Crippen LogP contribution in [0.3, 0.4) is 0 Å². The fourth-order valence-electron chi connectivity index (χ4n) is 4.88. The summed E-state index contributed by atoms with van der Waals surface area (Å²) in [5.41, 5.74) is 3.44. The van der Waals surface area contributed by atoms with Crippen molar-refractivity contribution in [3.8, 4) is 0 Å². The largest absolute Gasteiger partial charge is 0.367 e. The highest BCUT2D eigenvalue weighted by Crippen LogP contribution is 2.33. The molecule has 2 N–H and O–H groups in total. The van der Waals surface area contributed by atoms with Gasteiger partial charge in [-0.3, -0.25) is 5.01 Å². The lowest BCUT2D eigenvalue weighted by molar-refractivity contribution is 0.409. The Bertz CT molecular complexity index is 1280. The molecular weight excluding hydrogens is 422 g/mol. The van der Waals surface area contributed by atoms with E-state index in [1.165, 1.54) is 32.1 Å². The molecule has 34 heavy (non-hydrogen) atoms. The number of fused-ring (bicyclic) bond motifs is 3. The van der Waals surface area contributed by atoms with Crippen molar-refractivity contribution in [1.29, 1.82) is 0 Å². The number of rotatable bonds is 7. The van der Waals surface area contributed by atoms with E-state index in [1.807, 2.05) is 20.2 Å². The van der Waals surface area contributed by atoms with Crippen LogP contribution in [0.1, 0.15) is 49.9 Å². The summed E-state index contributed by atoms with van der Waals surface area (Å²) in [6.07, 6.45) is 16.8. The molecule has 1 atom stereocenters. The highest BCUT2D eigenvalue weighted by molar-refractivity contribution is 6.11. The molecule has 2 aliphatic carbocycles. The first-order valence-electron chi connectivity index (χ1n) is 12.3. The van der Waals surface area contributed by atoms with Crippen LogP contribution in [0.5, 0.6) is 0 Å². The average molecular weight is 456 g/mol. The minimum Gasteiger partial charge on any atom is -0.367 e. The normalized spacial score (nSPS) is 18.8. The van der Waals surface area contributed by atoms with Crippen LogP contribution >= 0.6 is 0 Å². The quantitative estimate of drug-likeness (QED) is 0.318. The van der Waals surface area contributed by atoms with Crippen molar-refractivity contribution >= 4 is 33.5 Å². The van der Waals surface area contributed by atoms with E-state index in [2.05, 4.69) is 63.7 Å². The molecule has 0 saturated heterocycles. The Labute approximate surface area is 200 Å². The molecule has 2 aliphatic rings. The maximum atomic E-state index is 5.06. The zero-order valence-corrected chi connectivity index (χ0v) is 20.1. The van der Waals surface area contributed by atoms with Gasteiger partial charge in [-0.15, -0.1) is 5.11 Å². The molecular formula is C27H33N7. The molecule has 3 aromatic rings. The minimum atomic E-state index is 0.436. The van der Waals surface area contributed by atoms with Gasteiger partial charge in [-0.05, 0) is 31.2 Å². The summed E-state index contributed by atoms with van der Waals surface area (Å²) >= 11 is 0. The molecule has 0 spiro atoms. The molecule has 2 heterocycles. The molecule has 1 unspecified atom stereocenters. The number of H-pyrrole nitrogens is 1. The third-order valence-corrected chi connectivity index (χ3v) is 6.63. The number of nitrogens with one attached hydrogen (secondary N) is 2. The Morgan fingerprint density at radius 1 is 1.18 bits per heavy atom. The number of aromatic amines is 1. The molecule has 2 aromatic heterocycles. The third-order valence-electron chi connectivity index (χ3n) is 6.63. The molecule has 7 nitrogen and oxygen atoms in total. The van der Waals surface area contributed by atoms with Crippen molar-refractivity contribution in [3.05, 3.63) is 60.5 Å². The standard InChI is InChI=1S/C27H33N7/c1-18(32-33-34(2)3)20-14-15-22-23(17-20)29-27-25(22)26(28-21-12-8-5-9-13-21)30-24(31-27)16-19-10-6-4-7-11-19/h4,6-7,10,14-15,17,19,21H,1,5,8-9,11-13,16H2,2-3H3,(H2,28,29,30,31)/b33-32-.